The lowest BCUT2D eigenvalue weighted by Gasteiger charge is -2.06. The molecule has 0 aliphatic carbocycles. The van der Waals surface area contributed by atoms with E-state index in [9.17, 15) is 4.79 Å². The minimum Gasteiger partial charge on any atom is -0.351 e. The zero-order chi connectivity index (χ0) is 15.5. The molecule has 0 fully saturated rings. The highest BCUT2D eigenvalue weighted by Crippen LogP contribution is 2.15. The van der Waals surface area contributed by atoms with Crippen LogP contribution in [0.2, 0.25) is 0 Å². The standard InChI is InChI=1S/C17H26N2OS/c1-14(2)8-5-3-4-6-12-19-17(20)16-15(9-7-11-18)10-13-21-16/h10,13-14H,3-6,8,11-12,18H2,1-2H3,(H,19,20). The molecule has 1 aromatic rings. The van der Waals surface area contributed by atoms with Gasteiger partial charge < -0.3 is 11.1 Å². The predicted molar refractivity (Wildman–Crippen MR) is 90.5 cm³/mol. The third-order valence-corrected chi connectivity index (χ3v) is 4.10. The summed E-state index contributed by atoms with van der Waals surface area (Å²) in [6.07, 6.45) is 6.05. The fourth-order valence-corrected chi connectivity index (χ4v) is 2.81. The first kappa shape index (κ1) is 17.7. The summed E-state index contributed by atoms with van der Waals surface area (Å²) in [5, 5.41) is 4.86. The van der Waals surface area contributed by atoms with Gasteiger partial charge in [0.15, 0.2) is 0 Å². The summed E-state index contributed by atoms with van der Waals surface area (Å²) in [5.74, 6) is 6.50. The van der Waals surface area contributed by atoms with E-state index in [1.807, 2.05) is 11.4 Å². The lowest BCUT2D eigenvalue weighted by molar-refractivity contribution is 0.0957. The maximum atomic E-state index is 12.1. The van der Waals surface area contributed by atoms with Crippen molar-refractivity contribution in [3.63, 3.8) is 0 Å². The van der Waals surface area contributed by atoms with Crippen LogP contribution in [0.3, 0.4) is 0 Å². The van der Waals surface area contributed by atoms with Crippen molar-refractivity contribution in [3.8, 4) is 11.8 Å². The average Bonchev–Trinajstić information content (AvgIpc) is 2.92. The lowest BCUT2D eigenvalue weighted by Crippen LogP contribution is -2.24. The van der Waals surface area contributed by atoms with Crippen molar-refractivity contribution in [2.45, 2.75) is 46.0 Å². The molecule has 116 valence electrons. The van der Waals surface area contributed by atoms with Crippen LogP contribution >= 0.6 is 11.3 Å². The van der Waals surface area contributed by atoms with Crippen molar-refractivity contribution in [2.24, 2.45) is 11.7 Å². The molecule has 1 aromatic heterocycles. The van der Waals surface area contributed by atoms with Gasteiger partial charge in [-0.2, -0.15) is 0 Å². The van der Waals surface area contributed by atoms with Gasteiger partial charge >= 0.3 is 0 Å². The molecule has 3 N–H and O–H groups in total. The number of nitrogens with two attached hydrogens (primary N) is 1. The maximum Gasteiger partial charge on any atom is 0.262 e. The summed E-state index contributed by atoms with van der Waals surface area (Å²) in [6, 6.07) is 1.87. The molecule has 0 saturated heterocycles. The molecule has 0 unspecified atom stereocenters. The summed E-state index contributed by atoms with van der Waals surface area (Å²) < 4.78 is 0. The third-order valence-electron chi connectivity index (χ3n) is 3.19. The molecule has 3 nitrogen and oxygen atoms in total. The fraction of sp³-hybridized carbons (Fsp3) is 0.588. The molecule has 0 aliphatic rings. The summed E-state index contributed by atoms with van der Waals surface area (Å²) in [5.41, 5.74) is 6.13. The van der Waals surface area contributed by atoms with Crippen molar-refractivity contribution >= 4 is 17.2 Å². The Labute approximate surface area is 132 Å². The second kappa shape index (κ2) is 10.4. The van der Waals surface area contributed by atoms with E-state index in [0.717, 1.165) is 24.4 Å². The largest absolute Gasteiger partial charge is 0.351 e. The summed E-state index contributed by atoms with van der Waals surface area (Å²) in [6.45, 7) is 5.56. The van der Waals surface area contributed by atoms with E-state index in [2.05, 4.69) is 31.0 Å². The number of rotatable bonds is 8. The van der Waals surface area contributed by atoms with Crippen LogP contribution in [0.4, 0.5) is 0 Å². The van der Waals surface area contributed by atoms with Crippen LogP contribution in [0.5, 0.6) is 0 Å². The molecule has 1 amide bonds. The second-order valence-electron chi connectivity index (χ2n) is 5.52. The Kier molecular flexibility index (Phi) is 8.80. The highest BCUT2D eigenvalue weighted by atomic mass is 32.1. The number of amides is 1. The lowest BCUT2D eigenvalue weighted by atomic mass is 10.0. The van der Waals surface area contributed by atoms with Gasteiger partial charge in [-0.3, -0.25) is 4.79 Å². The van der Waals surface area contributed by atoms with Crippen molar-refractivity contribution in [1.29, 1.82) is 0 Å². The van der Waals surface area contributed by atoms with E-state index < -0.39 is 0 Å². The van der Waals surface area contributed by atoms with Crippen molar-refractivity contribution < 1.29 is 4.79 Å². The van der Waals surface area contributed by atoms with Gasteiger partial charge in [0.1, 0.15) is 4.88 Å². The molecule has 0 bridgehead atoms. The fourth-order valence-electron chi connectivity index (χ4n) is 2.04. The van der Waals surface area contributed by atoms with Crippen molar-refractivity contribution in [2.75, 3.05) is 13.1 Å². The minimum absolute atomic E-state index is 0.0199. The predicted octanol–water partition coefficient (Wildman–Crippen LogP) is 3.39. The first-order valence-electron chi connectivity index (χ1n) is 7.69. The van der Waals surface area contributed by atoms with Crippen LogP contribution in [0, 0.1) is 17.8 Å². The highest BCUT2D eigenvalue weighted by Gasteiger charge is 2.10. The van der Waals surface area contributed by atoms with Gasteiger partial charge in [0.2, 0.25) is 0 Å². The van der Waals surface area contributed by atoms with Crippen LogP contribution in [0.15, 0.2) is 11.4 Å². The van der Waals surface area contributed by atoms with Gasteiger partial charge in [-0.1, -0.05) is 51.4 Å². The highest BCUT2D eigenvalue weighted by molar-refractivity contribution is 7.12. The molecule has 1 heterocycles. The Hall–Kier alpha value is -1.31. The number of thiophene rings is 1. The van der Waals surface area contributed by atoms with E-state index in [1.165, 1.54) is 37.0 Å². The number of hydrogen-bond acceptors (Lipinski definition) is 3. The first-order valence-corrected chi connectivity index (χ1v) is 8.57. The van der Waals surface area contributed by atoms with Gasteiger partial charge in [0.25, 0.3) is 5.91 Å². The molecule has 21 heavy (non-hydrogen) atoms. The first-order chi connectivity index (χ1) is 10.1. The molecule has 0 radical (unpaired) electrons. The summed E-state index contributed by atoms with van der Waals surface area (Å²) >= 11 is 1.43. The number of unbranched alkanes of at least 4 members (excludes halogenated alkanes) is 3. The minimum atomic E-state index is -0.0199. The quantitative estimate of drug-likeness (QED) is 0.571. The monoisotopic (exact) mass is 306 g/mol. The van der Waals surface area contributed by atoms with Gasteiger partial charge in [-0.15, -0.1) is 11.3 Å². The Morgan fingerprint density at radius 3 is 2.81 bits per heavy atom. The molecule has 0 aromatic carbocycles. The summed E-state index contributed by atoms with van der Waals surface area (Å²) in [4.78, 5) is 12.8. The van der Waals surface area contributed by atoms with Gasteiger partial charge in [0.05, 0.1) is 6.54 Å². The third kappa shape index (κ3) is 7.31. The molecule has 0 aliphatic heterocycles. The normalized spacial score (nSPS) is 10.3. The van der Waals surface area contributed by atoms with E-state index in [0.29, 0.717) is 11.4 Å². The molecule has 4 heteroatoms. The Morgan fingerprint density at radius 2 is 2.10 bits per heavy atom. The number of nitrogens with one attached hydrogen (secondary N) is 1. The van der Waals surface area contributed by atoms with Gasteiger partial charge in [-0.05, 0) is 23.8 Å². The number of hydrogen-bond donors (Lipinski definition) is 2. The Morgan fingerprint density at radius 1 is 1.33 bits per heavy atom. The van der Waals surface area contributed by atoms with Crippen LogP contribution in [-0.4, -0.2) is 19.0 Å². The van der Waals surface area contributed by atoms with E-state index in [1.54, 1.807) is 0 Å². The second-order valence-corrected chi connectivity index (χ2v) is 6.44. The molecule has 0 atom stereocenters. The van der Waals surface area contributed by atoms with Gasteiger partial charge in [0, 0.05) is 12.1 Å². The van der Waals surface area contributed by atoms with Crippen LogP contribution in [-0.2, 0) is 0 Å². The van der Waals surface area contributed by atoms with Crippen molar-refractivity contribution in [3.05, 3.63) is 21.9 Å². The topological polar surface area (TPSA) is 55.1 Å². The summed E-state index contributed by atoms with van der Waals surface area (Å²) in [7, 11) is 0. The van der Waals surface area contributed by atoms with Crippen LogP contribution < -0.4 is 11.1 Å². The van der Waals surface area contributed by atoms with Gasteiger partial charge in [-0.25, -0.2) is 0 Å². The van der Waals surface area contributed by atoms with Crippen LogP contribution in [0.25, 0.3) is 0 Å². The Bertz CT molecular complexity index is 482. The smallest absolute Gasteiger partial charge is 0.262 e. The average molecular weight is 306 g/mol. The molecule has 0 saturated carbocycles. The van der Waals surface area contributed by atoms with E-state index in [4.69, 9.17) is 5.73 Å². The van der Waals surface area contributed by atoms with Crippen LogP contribution in [0.1, 0.15) is 61.2 Å². The SMILES string of the molecule is CC(C)CCCCCCNC(=O)c1sccc1C#CCN. The van der Waals surface area contributed by atoms with Crippen molar-refractivity contribution in [1.82, 2.24) is 5.32 Å². The number of carbonyl (C=O) groups excluding carboxylic acids is 1. The molecular formula is C17H26N2OS. The molecule has 1 rings (SSSR count). The maximum absolute atomic E-state index is 12.1. The Balaban J connectivity index is 2.24. The van der Waals surface area contributed by atoms with E-state index >= 15 is 0 Å². The zero-order valence-corrected chi connectivity index (χ0v) is 13.9. The zero-order valence-electron chi connectivity index (χ0n) is 13.1. The molecule has 0 spiro atoms. The molecular weight excluding hydrogens is 280 g/mol. The number of carbonyl (C=O) groups is 1. The van der Waals surface area contributed by atoms with E-state index in [-0.39, 0.29) is 5.91 Å².